The molecule has 1 N–H and O–H groups in total. The second kappa shape index (κ2) is 6.81. The minimum Gasteiger partial charge on any atom is -0.373 e. The van der Waals surface area contributed by atoms with Crippen molar-refractivity contribution in [2.45, 2.75) is 12.5 Å². The first kappa shape index (κ1) is 16.1. The summed E-state index contributed by atoms with van der Waals surface area (Å²) in [4.78, 5) is 12.2. The number of benzene rings is 1. The number of aromatic nitrogens is 2. The van der Waals surface area contributed by atoms with Crippen molar-refractivity contribution in [2.24, 2.45) is 13.0 Å². The summed E-state index contributed by atoms with van der Waals surface area (Å²) in [6.45, 7) is 1.08. The Kier molecular flexibility index (Phi) is 4.58. The zero-order valence-electron chi connectivity index (χ0n) is 13.2. The third kappa shape index (κ3) is 3.29. The first-order valence-corrected chi connectivity index (χ1v) is 7.66. The summed E-state index contributed by atoms with van der Waals surface area (Å²) in [5, 5.41) is 15.8. The molecule has 124 valence electrons. The van der Waals surface area contributed by atoms with Gasteiger partial charge in [-0.15, -0.1) is 0 Å². The van der Waals surface area contributed by atoms with Crippen molar-refractivity contribution < 1.29 is 13.9 Å². The van der Waals surface area contributed by atoms with E-state index >= 15 is 0 Å². The standard InChI is InChI=1S/C17H17FN4O2/c1-22-10-14(9-21-22)16-12(4-5-24-16)8-20-17(23)11-2-3-15(18)13(6-11)7-19/h2-3,6,9-10,12,16H,4-5,8H2,1H3,(H,20,23)/t12-,16+/m0/s1. The summed E-state index contributed by atoms with van der Waals surface area (Å²) in [6.07, 6.45) is 4.42. The Morgan fingerprint density at radius 3 is 3.12 bits per heavy atom. The number of hydrogen-bond acceptors (Lipinski definition) is 4. The van der Waals surface area contributed by atoms with Gasteiger partial charge in [-0.25, -0.2) is 4.39 Å². The number of nitrogens with zero attached hydrogens (tertiary/aromatic N) is 3. The molecule has 2 aromatic rings. The number of ether oxygens (including phenoxy) is 1. The van der Waals surface area contributed by atoms with Crippen molar-refractivity contribution in [3.8, 4) is 6.07 Å². The predicted octanol–water partition coefficient (Wildman–Crippen LogP) is 1.94. The molecule has 2 heterocycles. The maximum Gasteiger partial charge on any atom is 0.251 e. The minimum absolute atomic E-state index is 0.0955. The SMILES string of the molecule is Cn1cc([C@@H]2OCC[C@H]2CNC(=O)c2ccc(F)c(C#N)c2)cn1. The Bertz CT molecular complexity index is 796. The van der Waals surface area contributed by atoms with E-state index in [1.165, 1.54) is 12.1 Å². The highest BCUT2D eigenvalue weighted by Gasteiger charge is 2.30. The molecule has 1 fully saturated rings. The quantitative estimate of drug-likeness (QED) is 0.930. The molecular formula is C17H17FN4O2. The van der Waals surface area contributed by atoms with Crippen LogP contribution in [0.2, 0.25) is 0 Å². The third-order valence-corrected chi connectivity index (χ3v) is 4.14. The number of hydrogen-bond donors (Lipinski definition) is 1. The van der Waals surface area contributed by atoms with Gasteiger partial charge in [-0.1, -0.05) is 0 Å². The molecule has 1 aromatic heterocycles. The molecule has 2 atom stereocenters. The van der Waals surface area contributed by atoms with Gasteiger partial charge in [-0.2, -0.15) is 10.4 Å². The van der Waals surface area contributed by atoms with Crippen LogP contribution in [0.4, 0.5) is 4.39 Å². The molecule has 0 saturated carbocycles. The molecule has 1 aliphatic rings. The van der Waals surface area contributed by atoms with Crippen LogP contribution >= 0.6 is 0 Å². The van der Waals surface area contributed by atoms with Crippen LogP contribution in [0.15, 0.2) is 30.6 Å². The highest BCUT2D eigenvalue weighted by molar-refractivity contribution is 5.94. The Morgan fingerprint density at radius 1 is 1.58 bits per heavy atom. The maximum atomic E-state index is 13.3. The van der Waals surface area contributed by atoms with E-state index in [0.717, 1.165) is 18.1 Å². The number of amides is 1. The van der Waals surface area contributed by atoms with Crippen LogP contribution in [-0.2, 0) is 11.8 Å². The fourth-order valence-electron chi connectivity index (χ4n) is 2.88. The Morgan fingerprint density at radius 2 is 2.42 bits per heavy atom. The lowest BCUT2D eigenvalue weighted by molar-refractivity contribution is 0.0846. The first-order chi connectivity index (χ1) is 11.6. The average Bonchev–Trinajstić information content (AvgIpc) is 3.21. The summed E-state index contributed by atoms with van der Waals surface area (Å²) < 4.78 is 20.8. The zero-order valence-corrected chi connectivity index (χ0v) is 13.2. The number of nitriles is 1. The molecule has 24 heavy (non-hydrogen) atoms. The molecule has 0 radical (unpaired) electrons. The summed E-state index contributed by atoms with van der Waals surface area (Å²) >= 11 is 0. The second-order valence-corrected chi connectivity index (χ2v) is 5.80. The molecule has 0 spiro atoms. The van der Waals surface area contributed by atoms with Crippen LogP contribution in [-0.4, -0.2) is 28.8 Å². The first-order valence-electron chi connectivity index (χ1n) is 7.66. The molecule has 6 nitrogen and oxygen atoms in total. The van der Waals surface area contributed by atoms with Crippen LogP contribution in [0.25, 0.3) is 0 Å². The van der Waals surface area contributed by atoms with E-state index in [9.17, 15) is 9.18 Å². The lowest BCUT2D eigenvalue weighted by atomic mass is 9.97. The third-order valence-electron chi connectivity index (χ3n) is 4.14. The van der Waals surface area contributed by atoms with E-state index in [0.29, 0.717) is 13.2 Å². The molecule has 1 aromatic carbocycles. The Labute approximate surface area is 138 Å². The van der Waals surface area contributed by atoms with Gasteiger partial charge in [0.05, 0.1) is 17.9 Å². The van der Waals surface area contributed by atoms with Crippen molar-refractivity contribution in [2.75, 3.05) is 13.2 Å². The van der Waals surface area contributed by atoms with Crippen molar-refractivity contribution in [3.63, 3.8) is 0 Å². The zero-order chi connectivity index (χ0) is 17.1. The van der Waals surface area contributed by atoms with E-state index in [-0.39, 0.29) is 29.1 Å². The summed E-state index contributed by atoms with van der Waals surface area (Å²) in [6, 6.07) is 5.49. The van der Waals surface area contributed by atoms with Gasteiger partial charge in [0.1, 0.15) is 11.9 Å². The fourth-order valence-corrected chi connectivity index (χ4v) is 2.88. The number of halogens is 1. The molecule has 3 rings (SSSR count). The van der Waals surface area contributed by atoms with Gasteiger partial charge in [0.25, 0.3) is 5.91 Å². The topological polar surface area (TPSA) is 79.9 Å². The van der Waals surface area contributed by atoms with Gasteiger partial charge in [0.15, 0.2) is 0 Å². The largest absolute Gasteiger partial charge is 0.373 e. The van der Waals surface area contributed by atoms with E-state index in [2.05, 4.69) is 10.4 Å². The van der Waals surface area contributed by atoms with E-state index in [1.54, 1.807) is 16.9 Å². The summed E-state index contributed by atoms with van der Waals surface area (Å²) in [5.41, 5.74) is 1.12. The van der Waals surface area contributed by atoms with Crippen LogP contribution in [0, 0.1) is 23.1 Å². The lowest BCUT2D eigenvalue weighted by Crippen LogP contribution is -2.30. The molecule has 0 bridgehead atoms. The molecule has 0 unspecified atom stereocenters. The predicted molar refractivity (Wildman–Crippen MR) is 83.5 cm³/mol. The van der Waals surface area contributed by atoms with E-state index in [4.69, 9.17) is 10.00 Å². The lowest BCUT2D eigenvalue weighted by Gasteiger charge is -2.17. The van der Waals surface area contributed by atoms with Gasteiger partial charge >= 0.3 is 0 Å². The van der Waals surface area contributed by atoms with Crippen LogP contribution in [0.5, 0.6) is 0 Å². The molecular weight excluding hydrogens is 311 g/mol. The number of rotatable bonds is 4. The van der Waals surface area contributed by atoms with Gasteiger partial charge in [-0.05, 0) is 24.6 Å². The van der Waals surface area contributed by atoms with Crippen LogP contribution in [0.3, 0.4) is 0 Å². The highest BCUT2D eigenvalue weighted by atomic mass is 19.1. The highest BCUT2D eigenvalue weighted by Crippen LogP contribution is 2.33. The molecule has 1 amide bonds. The van der Waals surface area contributed by atoms with E-state index < -0.39 is 5.82 Å². The van der Waals surface area contributed by atoms with Gasteiger partial charge < -0.3 is 10.1 Å². The van der Waals surface area contributed by atoms with Crippen molar-refractivity contribution in [1.82, 2.24) is 15.1 Å². The normalized spacial score (nSPS) is 19.9. The smallest absolute Gasteiger partial charge is 0.251 e. The van der Waals surface area contributed by atoms with Crippen molar-refractivity contribution >= 4 is 5.91 Å². The van der Waals surface area contributed by atoms with Crippen molar-refractivity contribution in [1.29, 1.82) is 5.26 Å². The number of nitrogens with one attached hydrogen (secondary N) is 1. The van der Waals surface area contributed by atoms with Crippen LogP contribution in [0.1, 0.15) is 34.0 Å². The monoisotopic (exact) mass is 328 g/mol. The molecule has 7 heteroatoms. The van der Waals surface area contributed by atoms with Gasteiger partial charge in [-0.3, -0.25) is 9.48 Å². The minimum atomic E-state index is -0.630. The Balaban J connectivity index is 1.64. The molecule has 0 aliphatic carbocycles. The summed E-state index contributed by atoms with van der Waals surface area (Å²) in [5.74, 6) is -0.813. The fraction of sp³-hybridized carbons (Fsp3) is 0.353. The van der Waals surface area contributed by atoms with Gasteiger partial charge in [0.2, 0.25) is 0 Å². The Hall–Kier alpha value is -2.72. The molecule has 1 saturated heterocycles. The number of aryl methyl sites for hydroxylation is 1. The van der Waals surface area contributed by atoms with Crippen molar-refractivity contribution in [3.05, 3.63) is 53.1 Å². The number of carbonyl (C=O) groups excluding carboxylic acids is 1. The maximum absolute atomic E-state index is 13.3. The second-order valence-electron chi connectivity index (χ2n) is 5.80. The van der Waals surface area contributed by atoms with Gasteiger partial charge in [0, 0.05) is 43.4 Å². The summed E-state index contributed by atoms with van der Waals surface area (Å²) in [7, 11) is 1.84. The van der Waals surface area contributed by atoms with Crippen LogP contribution < -0.4 is 5.32 Å². The van der Waals surface area contributed by atoms with E-state index in [1.807, 2.05) is 13.2 Å². The molecule has 1 aliphatic heterocycles. The number of carbonyl (C=O) groups is 1. The average molecular weight is 328 g/mol.